The number of rotatable bonds is 2. The summed E-state index contributed by atoms with van der Waals surface area (Å²) in [6.07, 6.45) is 2.48. The van der Waals surface area contributed by atoms with Crippen molar-refractivity contribution in [3.8, 4) is 0 Å². The number of pyridine rings is 1. The SMILES string of the molecule is COC1CCCN(c2cc(N)cc(Cl)n2)C1. The largest absolute Gasteiger partial charge is 0.399 e. The van der Waals surface area contributed by atoms with Crippen LogP contribution in [0.3, 0.4) is 0 Å². The first kappa shape index (κ1) is 11.5. The molecule has 88 valence electrons. The Balaban J connectivity index is 2.16. The van der Waals surface area contributed by atoms with Crippen molar-refractivity contribution in [2.24, 2.45) is 0 Å². The molecule has 0 spiro atoms. The van der Waals surface area contributed by atoms with Gasteiger partial charge in [-0.1, -0.05) is 11.6 Å². The van der Waals surface area contributed by atoms with E-state index in [4.69, 9.17) is 22.1 Å². The van der Waals surface area contributed by atoms with Crippen LogP contribution < -0.4 is 10.6 Å². The monoisotopic (exact) mass is 241 g/mol. The minimum Gasteiger partial charge on any atom is -0.399 e. The average Bonchev–Trinajstić information content (AvgIpc) is 2.28. The van der Waals surface area contributed by atoms with Crippen LogP contribution in [0.5, 0.6) is 0 Å². The van der Waals surface area contributed by atoms with Gasteiger partial charge < -0.3 is 15.4 Å². The molecule has 5 heteroatoms. The van der Waals surface area contributed by atoms with Gasteiger partial charge in [0.2, 0.25) is 0 Å². The summed E-state index contributed by atoms with van der Waals surface area (Å²) in [7, 11) is 1.74. The Morgan fingerprint density at radius 3 is 3.06 bits per heavy atom. The third kappa shape index (κ3) is 2.57. The average molecular weight is 242 g/mol. The summed E-state index contributed by atoms with van der Waals surface area (Å²) in [5.41, 5.74) is 6.40. The first-order valence-corrected chi connectivity index (χ1v) is 5.77. The van der Waals surface area contributed by atoms with Gasteiger partial charge in [0.15, 0.2) is 0 Å². The number of hydrogen-bond donors (Lipinski definition) is 1. The highest BCUT2D eigenvalue weighted by Crippen LogP contribution is 2.23. The lowest BCUT2D eigenvalue weighted by Crippen LogP contribution is -2.39. The highest BCUT2D eigenvalue weighted by Gasteiger charge is 2.20. The lowest BCUT2D eigenvalue weighted by Gasteiger charge is -2.32. The van der Waals surface area contributed by atoms with Crippen LogP contribution in [0, 0.1) is 0 Å². The van der Waals surface area contributed by atoms with Crippen molar-refractivity contribution >= 4 is 23.1 Å². The molecule has 1 unspecified atom stereocenters. The first-order valence-electron chi connectivity index (χ1n) is 5.40. The Morgan fingerprint density at radius 2 is 2.38 bits per heavy atom. The van der Waals surface area contributed by atoms with Gasteiger partial charge in [-0.15, -0.1) is 0 Å². The molecular weight excluding hydrogens is 226 g/mol. The van der Waals surface area contributed by atoms with Crippen molar-refractivity contribution < 1.29 is 4.74 Å². The smallest absolute Gasteiger partial charge is 0.133 e. The molecule has 0 amide bonds. The highest BCUT2D eigenvalue weighted by molar-refractivity contribution is 6.29. The summed E-state index contributed by atoms with van der Waals surface area (Å²) in [5.74, 6) is 0.840. The van der Waals surface area contributed by atoms with Crippen LogP contribution in [-0.4, -0.2) is 31.3 Å². The molecule has 0 saturated carbocycles. The zero-order valence-electron chi connectivity index (χ0n) is 9.32. The molecule has 2 heterocycles. The molecule has 4 nitrogen and oxygen atoms in total. The molecule has 1 aliphatic rings. The molecule has 0 bridgehead atoms. The lowest BCUT2D eigenvalue weighted by atomic mass is 10.1. The molecule has 0 radical (unpaired) electrons. The Labute approximate surface area is 100 Å². The summed E-state index contributed by atoms with van der Waals surface area (Å²) in [6, 6.07) is 3.51. The van der Waals surface area contributed by atoms with Gasteiger partial charge in [-0.05, 0) is 18.9 Å². The fourth-order valence-corrected chi connectivity index (χ4v) is 2.22. The number of hydrogen-bond acceptors (Lipinski definition) is 4. The predicted octanol–water partition coefficient (Wildman–Crippen LogP) is 1.93. The van der Waals surface area contributed by atoms with E-state index in [1.807, 2.05) is 6.07 Å². The number of nitrogens with zero attached hydrogens (tertiary/aromatic N) is 2. The number of anilines is 2. The van der Waals surface area contributed by atoms with Crippen LogP contribution in [0.2, 0.25) is 5.15 Å². The molecule has 1 fully saturated rings. The predicted molar refractivity (Wildman–Crippen MR) is 65.9 cm³/mol. The molecule has 2 N–H and O–H groups in total. The van der Waals surface area contributed by atoms with Gasteiger partial charge >= 0.3 is 0 Å². The van der Waals surface area contributed by atoms with E-state index in [0.29, 0.717) is 10.8 Å². The van der Waals surface area contributed by atoms with Crippen LogP contribution in [0.4, 0.5) is 11.5 Å². The van der Waals surface area contributed by atoms with Crippen molar-refractivity contribution in [2.75, 3.05) is 30.8 Å². The lowest BCUT2D eigenvalue weighted by molar-refractivity contribution is 0.0891. The quantitative estimate of drug-likeness (QED) is 0.804. The summed E-state index contributed by atoms with van der Waals surface area (Å²) < 4.78 is 5.37. The number of methoxy groups -OCH3 is 1. The van der Waals surface area contributed by atoms with Crippen molar-refractivity contribution in [1.82, 2.24) is 4.98 Å². The number of halogens is 1. The zero-order valence-corrected chi connectivity index (χ0v) is 10.1. The van der Waals surface area contributed by atoms with Crippen LogP contribution >= 0.6 is 11.6 Å². The normalized spacial score (nSPS) is 21.1. The molecule has 0 aliphatic carbocycles. The van der Waals surface area contributed by atoms with Gasteiger partial charge in [-0.2, -0.15) is 0 Å². The Bertz CT molecular complexity index is 352. The molecule has 1 aliphatic heterocycles. The minimum atomic E-state index is 0.274. The van der Waals surface area contributed by atoms with Gasteiger partial charge in [-0.3, -0.25) is 0 Å². The van der Waals surface area contributed by atoms with Crippen molar-refractivity contribution in [1.29, 1.82) is 0 Å². The van der Waals surface area contributed by atoms with Crippen molar-refractivity contribution in [3.05, 3.63) is 17.3 Å². The van der Waals surface area contributed by atoms with Crippen LogP contribution in [0.1, 0.15) is 12.8 Å². The first-order chi connectivity index (χ1) is 7.69. The molecule has 16 heavy (non-hydrogen) atoms. The van der Waals surface area contributed by atoms with E-state index >= 15 is 0 Å². The van der Waals surface area contributed by atoms with Gasteiger partial charge in [0.05, 0.1) is 6.10 Å². The van der Waals surface area contributed by atoms with E-state index in [-0.39, 0.29) is 6.10 Å². The van der Waals surface area contributed by atoms with Gasteiger partial charge in [-0.25, -0.2) is 4.98 Å². The van der Waals surface area contributed by atoms with Crippen LogP contribution in [0.15, 0.2) is 12.1 Å². The van der Waals surface area contributed by atoms with Gasteiger partial charge in [0, 0.05) is 32.0 Å². The van der Waals surface area contributed by atoms with Crippen molar-refractivity contribution in [3.63, 3.8) is 0 Å². The Kier molecular flexibility index (Phi) is 3.51. The zero-order chi connectivity index (χ0) is 11.5. The van der Waals surface area contributed by atoms with E-state index in [1.54, 1.807) is 13.2 Å². The second-order valence-corrected chi connectivity index (χ2v) is 4.41. The van der Waals surface area contributed by atoms with E-state index in [9.17, 15) is 0 Å². The minimum absolute atomic E-state index is 0.274. The van der Waals surface area contributed by atoms with Crippen LogP contribution in [0.25, 0.3) is 0 Å². The summed E-state index contributed by atoms with van der Waals surface area (Å²) in [4.78, 5) is 6.45. The maximum absolute atomic E-state index is 5.89. The topological polar surface area (TPSA) is 51.4 Å². The third-order valence-electron chi connectivity index (χ3n) is 2.84. The van der Waals surface area contributed by atoms with E-state index < -0.39 is 0 Å². The van der Waals surface area contributed by atoms with Crippen LogP contribution in [-0.2, 0) is 4.74 Å². The molecule has 1 aromatic rings. The number of piperidine rings is 1. The number of nitrogen functional groups attached to an aromatic ring is 1. The van der Waals surface area contributed by atoms with E-state index in [0.717, 1.165) is 31.7 Å². The molecule has 1 atom stereocenters. The summed E-state index contributed by atoms with van der Waals surface area (Å²) in [6.45, 7) is 1.83. The van der Waals surface area contributed by atoms with E-state index in [2.05, 4.69) is 9.88 Å². The molecule has 1 aromatic heterocycles. The number of aromatic nitrogens is 1. The highest BCUT2D eigenvalue weighted by atomic mass is 35.5. The van der Waals surface area contributed by atoms with Gasteiger partial charge in [0.1, 0.15) is 11.0 Å². The number of ether oxygens (including phenoxy) is 1. The second kappa shape index (κ2) is 4.89. The number of nitrogens with two attached hydrogens (primary N) is 1. The standard InChI is InChI=1S/C11H16ClN3O/c1-16-9-3-2-4-15(7-9)11-6-8(13)5-10(12)14-11/h5-6,9H,2-4,7H2,1H3,(H2,13,14). The molecule has 1 saturated heterocycles. The van der Waals surface area contributed by atoms with E-state index in [1.165, 1.54) is 0 Å². The van der Waals surface area contributed by atoms with Gasteiger partial charge in [0.25, 0.3) is 0 Å². The van der Waals surface area contributed by atoms with Crippen molar-refractivity contribution in [2.45, 2.75) is 18.9 Å². The Morgan fingerprint density at radius 1 is 1.56 bits per heavy atom. The maximum Gasteiger partial charge on any atom is 0.133 e. The molecule has 2 rings (SSSR count). The molecular formula is C11H16ClN3O. The summed E-state index contributed by atoms with van der Waals surface area (Å²) >= 11 is 5.89. The maximum atomic E-state index is 5.89. The fourth-order valence-electron chi connectivity index (χ4n) is 2.00. The Hall–Kier alpha value is -1.00. The fraction of sp³-hybridized carbons (Fsp3) is 0.545. The second-order valence-electron chi connectivity index (χ2n) is 4.03. The third-order valence-corrected chi connectivity index (χ3v) is 3.03. The summed E-state index contributed by atoms with van der Waals surface area (Å²) in [5, 5.41) is 0.439. The molecule has 0 aromatic carbocycles.